The number of nitrogens with zero attached hydrogens (tertiary/aromatic N) is 1. The van der Waals surface area contributed by atoms with Gasteiger partial charge in [-0.05, 0) is 26.0 Å². The van der Waals surface area contributed by atoms with Crippen molar-refractivity contribution in [1.29, 1.82) is 0 Å². The van der Waals surface area contributed by atoms with Gasteiger partial charge in [0.1, 0.15) is 0 Å². The highest BCUT2D eigenvalue weighted by Gasteiger charge is 2.48. The Labute approximate surface area is 121 Å². The molecule has 0 aliphatic heterocycles. The fourth-order valence-electron chi connectivity index (χ4n) is 1.50. The first-order valence-electron chi connectivity index (χ1n) is 5.65. The summed E-state index contributed by atoms with van der Waals surface area (Å²) < 4.78 is 61.3. The van der Waals surface area contributed by atoms with Crippen LogP contribution in [0.2, 0.25) is 0 Å². The highest BCUT2D eigenvalue weighted by atomic mass is 35.5. The van der Waals surface area contributed by atoms with E-state index in [0.717, 1.165) is 6.07 Å². The third kappa shape index (κ3) is 3.03. The molecule has 0 N–H and O–H groups in total. The Morgan fingerprint density at radius 1 is 1.20 bits per heavy atom. The minimum atomic E-state index is -5.41. The SMILES string of the molecule is CN(c1ccccc1S(=O)(=O)C(F)(F)F)C(C)(C)CCl. The average molecular weight is 330 g/mol. The zero-order chi connectivity index (χ0) is 15.8. The molecule has 0 saturated carbocycles. The van der Waals surface area contributed by atoms with E-state index < -0.39 is 25.8 Å². The van der Waals surface area contributed by atoms with Crippen LogP contribution in [0.1, 0.15) is 13.8 Å². The molecule has 0 heterocycles. The maximum Gasteiger partial charge on any atom is 0.501 e. The number of para-hydroxylation sites is 1. The van der Waals surface area contributed by atoms with Crippen LogP contribution >= 0.6 is 11.6 Å². The fraction of sp³-hybridized carbons (Fsp3) is 0.500. The third-order valence-electron chi connectivity index (χ3n) is 3.06. The van der Waals surface area contributed by atoms with Crippen LogP contribution in [0.4, 0.5) is 18.9 Å². The number of halogens is 4. The van der Waals surface area contributed by atoms with E-state index in [9.17, 15) is 21.6 Å². The zero-order valence-electron chi connectivity index (χ0n) is 11.2. The largest absolute Gasteiger partial charge is 0.501 e. The van der Waals surface area contributed by atoms with Crippen molar-refractivity contribution in [3.8, 4) is 0 Å². The lowest BCUT2D eigenvalue weighted by atomic mass is 10.1. The monoisotopic (exact) mass is 329 g/mol. The van der Waals surface area contributed by atoms with Gasteiger partial charge in [-0.25, -0.2) is 8.42 Å². The lowest BCUT2D eigenvalue weighted by Crippen LogP contribution is -2.43. The Hall–Kier alpha value is -0.950. The minimum absolute atomic E-state index is 0.0320. The van der Waals surface area contributed by atoms with Crippen molar-refractivity contribution in [2.75, 3.05) is 17.8 Å². The van der Waals surface area contributed by atoms with Crippen LogP contribution < -0.4 is 4.90 Å². The number of benzene rings is 1. The van der Waals surface area contributed by atoms with Gasteiger partial charge in [0.15, 0.2) is 0 Å². The molecule has 0 saturated heterocycles. The Balaban J connectivity index is 3.48. The van der Waals surface area contributed by atoms with E-state index in [1.165, 1.54) is 30.1 Å². The van der Waals surface area contributed by atoms with Gasteiger partial charge in [0.25, 0.3) is 9.84 Å². The van der Waals surface area contributed by atoms with Crippen LogP contribution in [-0.4, -0.2) is 32.4 Å². The van der Waals surface area contributed by atoms with Crippen molar-refractivity contribution in [2.45, 2.75) is 29.8 Å². The first-order chi connectivity index (χ1) is 8.95. The topological polar surface area (TPSA) is 37.4 Å². The summed E-state index contributed by atoms with van der Waals surface area (Å²) in [5, 5.41) is 0. The van der Waals surface area contributed by atoms with Gasteiger partial charge in [0.2, 0.25) is 0 Å². The highest BCUT2D eigenvalue weighted by molar-refractivity contribution is 7.92. The fourth-order valence-corrected chi connectivity index (χ4v) is 2.67. The van der Waals surface area contributed by atoms with Crippen molar-refractivity contribution >= 4 is 27.1 Å². The van der Waals surface area contributed by atoms with Gasteiger partial charge in [-0.15, -0.1) is 11.6 Å². The lowest BCUT2D eigenvalue weighted by molar-refractivity contribution is -0.0435. The van der Waals surface area contributed by atoms with Crippen LogP contribution in [0.25, 0.3) is 0 Å². The quantitative estimate of drug-likeness (QED) is 0.794. The molecule has 0 aliphatic carbocycles. The van der Waals surface area contributed by atoms with Gasteiger partial charge < -0.3 is 4.90 Å². The summed E-state index contributed by atoms with van der Waals surface area (Å²) >= 11 is 5.78. The van der Waals surface area contributed by atoms with Gasteiger partial charge in [0.05, 0.1) is 10.6 Å². The number of hydrogen-bond donors (Lipinski definition) is 0. The van der Waals surface area contributed by atoms with Crippen LogP contribution in [0.15, 0.2) is 29.2 Å². The molecule has 0 fully saturated rings. The van der Waals surface area contributed by atoms with E-state index in [1.807, 2.05) is 0 Å². The summed E-state index contributed by atoms with van der Waals surface area (Å²) in [7, 11) is -3.90. The molecule has 3 nitrogen and oxygen atoms in total. The molecule has 1 aromatic rings. The van der Waals surface area contributed by atoms with Crippen molar-refractivity contribution in [1.82, 2.24) is 0 Å². The second-order valence-electron chi connectivity index (χ2n) is 4.92. The zero-order valence-corrected chi connectivity index (χ0v) is 12.8. The molecular formula is C12H15ClF3NO2S. The van der Waals surface area contributed by atoms with E-state index in [0.29, 0.717) is 0 Å². The second kappa shape index (κ2) is 5.44. The molecule has 0 aliphatic rings. The lowest BCUT2D eigenvalue weighted by Gasteiger charge is -2.36. The van der Waals surface area contributed by atoms with Gasteiger partial charge in [-0.3, -0.25) is 0 Å². The van der Waals surface area contributed by atoms with Gasteiger partial charge in [-0.1, -0.05) is 12.1 Å². The Morgan fingerprint density at radius 3 is 2.15 bits per heavy atom. The molecule has 0 aromatic heterocycles. The van der Waals surface area contributed by atoms with Crippen molar-refractivity contribution < 1.29 is 21.6 Å². The van der Waals surface area contributed by atoms with Gasteiger partial charge in [0, 0.05) is 18.5 Å². The number of sulfone groups is 1. The number of anilines is 1. The maximum atomic E-state index is 12.7. The van der Waals surface area contributed by atoms with Crippen LogP contribution in [0.3, 0.4) is 0 Å². The van der Waals surface area contributed by atoms with Crippen molar-refractivity contribution in [2.24, 2.45) is 0 Å². The Bertz CT molecular complexity index is 585. The minimum Gasteiger partial charge on any atom is -0.367 e. The van der Waals surface area contributed by atoms with E-state index >= 15 is 0 Å². The molecule has 1 aromatic carbocycles. The number of hydrogen-bond acceptors (Lipinski definition) is 3. The molecule has 0 amide bonds. The molecule has 0 atom stereocenters. The predicted octanol–water partition coefficient (Wildman–Crippen LogP) is 3.43. The first-order valence-corrected chi connectivity index (χ1v) is 7.67. The maximum absolute atomic E-state index is 12.7. The van der Waals surface area contributed by atoms with E-state index in [2.05, 4.69) is 0 Å². The molecule has 114 valence electrons. The average Bonchev–Trinajstić information content (AvgIpc) is 2.36. The Morgan fingerprint density at radius 2 is 1.70 bits per heavy atom. The van der Waals surface area contributed by atoms with Crippen molar-refractivity contribution in [3.05, 3.63) is 24.3 Å². The van der Waals surface area contributed by atoms with E-state index in [-0.39, 0.29) is 11.6 Å². The van der Waals surface area contributed by atoms with Gasteiger partial charge >= 0.3 is 5.51 Å². The summed E-state index contributed by atoms with van der Waals surface area (Å²) in [6.45, 7) is 3.41. The smallest absolute Gasteiger partial charge is 0.367 e. The molecule has 0 bridgehead atoms. The molecule has 1 rings (SSSR count). The molecule has 8 heteroatoms. The molecule has 0 radical (unpaired) electrons. The summed E-state index contributed by atoms with van der Waals surface area (Å²) in [6.07, 6.45) is 0. The summed E-state index contributed by atoms with van der Waals surface area (Å²) in [5.74, 6) is 0.129. The number of alkyl halides is 4. The normalized spacial score (nSPS) is 13.3. The van der Waals surface area contributed by atoms with Crippen LogP contribution in [-0.2, 0) is 9.84 Å². The van der Waals surface area contributed by atoms with E-state index in [1.54, 1.807) is 13.8 Å². The van der Waals surface area contributed by atoms with Crippen molar-refractivity contribution in [3.63, 3.8) is 0 Å². The molecule has 0 unspecified atom stereocenters. The summed E-state index contributed by atoms with van der Waals surface area (Å²) in [5.41, 5.74) is -6.07. The predicted molar refractivity (Wildman–Crippen MR) is 72.9 cm³/mol. The third-order valence-corrected chi connectivity index (χ3v) is 5.24. The molecular weight excluding hydrogens is 315 g/mol. The standard InChI is InChI=1S/C12H15ClF3NO2S/c1-11(2,8-13)17(3)9-6-4-5-7-10(9)20(18,19)12(14,15)16/h4-7H,8H2,1-3H3. The molecule has 20 heavy (non-hydrogen) atoms. The van der Waals surface area contributed by atoms with Crippen LogP contribution in [0, 0.1) is 0 Å². The highest BCUT2D eigenvalue weighted by Crippen LogP contribution is 2.37. The summed E-state index contributed by atoms with van der Waals surface area (Å²) in [4.78, 5) is 0.659. The number of rotatable bonds is 4. The van der Waals surface area contributed by atoms with Gasteiger partial charge in [-0.2, -0.15) is 13.2 Å². The first kappa shape index (κ1) is 17.1. The molecule has 0 spiro atoms. The Kier molecular flexibility index (Phi) is 4.65. The van der Waals surface area contributed by atoms with E-state index in [4.69, 9.17) is 11.6 Å². The second-order valence-corrected chi connectivity index (χ2v) is 7.10. The van der Waals surface area contributed by atoms with Crippen LogP contribution in [0.5, 0.6) is 0 Å². The summed E-state index contributed by atoms with van der Waals surface area (Å²) in [6, 6.07) is 5.00.